The van der Waals surface area contributed by atoms with Gasteiger partial charge >= 0.3 is 0 Å². The van der Waals surface area contributed by atoms with Gasteiger partial charge in [-0.3, -0.25) is 10.1 Å². The Balaban J connectivity index is 3.12. The molecule has 0 aliphatic rings. The number of amides is 1. The van der Waals surface area contributed by atoms with Crippen LogP contribution >= 0.6 is 0 Å². The Bertz CT molecular complexity index is 150. The van der Waals surface area contributed by atoms with Crippen LogP contribution in [-0.4, -0.2) is 30.8 Å². The van der Waals surface area contributed by atoms with Crippen LogP contribution in [0.15, 0.2) is 0 Å². The number of aliphatic hydroxyl groups is 1. The minimum Gasteiger partial charge on any atom is -0.394 e. The monoisotopic (exact) mass is 157 g/mol. The second kappa shape index (κ2) is 7.06. The number of aliphatic hydroxyl groups excluding tert-OH is 1. The number of nitrogens with one attached hydrogen (secondary N) is 1. The van der Waals surface area contributed by atoms with Crippen molar-refractivity contribution in [2.45, 2.75) is 6.42 Å². The van der Waals surface area contributed by atoms with E-state index in [9.17, 15) is 4.79 Å². The quantitative estimate of drug-likeness (QED) is 0.308. The van der Waals surface area contributed by atoms with Gasteiger partial charge in [-0.1, -0.05) is 6.42 Å². The van der Waals surface area contributed by atoms with Crippen LogP contribution in [-0.2, 0) is 9.53 Å². The van der Waals surface area contributed by atoms with E-state index in [4.69, 9.17) is 16.3 Å². The zero-order valence-corrected chi connectivity index (χ0v) is 6.17. The number of hydrogen-bond donors (Lipinski definition) is 2. The van der Waals surface area contributed by atoms with E-state index < -0.39 is 0 Å². The van der Waals surface area contributed by atoms with Crippen LogP contribution in [0.25, 0.3) is 0 Å². The maximum absolute atomic E-state index is 10.6. The highest BCUT2D eigenvalue weighted by molar-refractivity contribution is 5.77. The van der Waals surface area contributed by atoms with Crippen molar-refractivity contribution < 1.29 is 14.6 Å². The Kier molecular flexibility index (Phi) is 6.39. The number of hydrogen-bond acceptors (Lipinski definition) is 3. The summed E-state index contributed by atoms with van der Waals surface area (Å²) in [5.74, 6) is -0.245. The van der Waals surface area contributed by atoms with Gasteiger partial charge in [-0.15, -0.1) is 0 Å². The van der Waals surface area contributed by atoms with Crippen molar-refractivity contribution in [2.75, 3.05) is 19.8 Å². The first kappa shape index (κ1) is 9.95. The summed E-state index contributed by atoms with van der Waals surface area (Å²) >= 11 is 0. The first-order chi connectivity index (χ1) is 5.31. The van der Waals surface area contributed by atoms with Crippen LogP contribution in [0.5, 0.6) is 0 Å². The molecule has 0 rings (SSSR count). The first-order valence-corrected chi connectivity index (χ1v) is 3.24. The number of terminal acetylenes is 1. The molecule has 0 aromatic carbocycles. The molecule has 11 heavy (non-hydrogen) atoms. The zero-order valence-electron chi connectivity index (χ0n) is 6.17. The highest BCUT2D eigenvalue weighted by atomic mass is 16.5. The molecule has 4 heteroatoms. The van der Waals surface area contributed by atoms with E-state index in [0.29, 0.717) is 0 Å². The molecule has 0 unspecified atom stereocenters. The summed E-state index contributed by atoms with van der Waals surface area (Å²) in [6, 6.07) is 2.00. The maximum atomic E-state index is 10.6. The van der Waals surface area contributed by atoms with Crippen LogP contribution in [0.2, 0.25) is 0 Å². The molecule has 0 aromatic rings. The molecule has 0 aromatic heterocycles. The molecule has 1 amide bonds. The molecule has 62 valence electrons. The molecule has 0 bridgehead atoms. The molecule has 2 N–H and O–H groups in total. The van der Waals surface area contributed by atoms with Gasteiger partial charge in [-0.2, -0.15) is 0 Å². The number of carbonyl (C=O) groups excluding carboxylic acids is 1. The van der Waals surface area contributed by atoms with Crippen molar-refractivity contribution in [3.63, 3.8) is 0 Å². The lowest BCUT2D eigenvalue weighted by Gasteiger charge is -1.99. The third-order valence-electron chi connectivity index (χ3n) is 0.921. The van der Waals surface area contributed by atoms with Crippen LogP contribution in [0, 0.1) is 12.5 Å². The van der Waals surface area contributed by atoms with Crippen LogP contribution in [0.4, 0.5) is 0 Å². The highest BCUT2D eigenvalue weighted by Gasteiger charge is 1.96. The summed E-state index contributed by atoms with van der Waals surface area (Å²) in [7, 11) is 0. The molecule has 0 saturated carbocycles. The third-order valence-corrected chi connectivity index (χ3v) is 0.921. The Morgan fingerprint density at radius 2 is 2.36 bits per heavy atom. The normalized spacial score (nSPS) is 8.73. The predicted octanol–water partition coefficient (Wildman–Crippen LogP) is -0.908. The standard InChI is InChI=1S/C7H11NO3/c1-2-8-7(10)3-5-11-6-4-9/h1,9H,3-6H2,(H,8,10). The van der Waals surface area contributed by atoms with Gasteiger partial charge in [0, 0.05) is 6.04 Å². The topological polar surface area (TPSA) is 58.6 Å². The van der Waals surface area contributed by atoms with Gasteiger partial charge < -0.3 is 9.84 Å². The van der Waals surface area contributed by atoms with Crippen LogP contribution in [0.1, 0.15) is 6.42 Å². The second-order valence-electron chi connectivity index (χ2n) is 1.78. The number of carbonyl (C=O) groups is 1. The van der Waals surface area contributed by atoms with Gasteiger partial charge in [-0.25, -0.2) is 0 Å². The van der Waals surface area contributed by atoms with E-state index in [1.54, 1.807) is 0 Å². The number of rotatable bonds is 5. The van der Waals surface area contributed by atoms with E-state index in [0.717, 1.165) is 0 Å². The fraction of sp³-hybridized carbons (Fsp3) is 0.571. The van der Waals surface area contributed by atoms with Gasteiger partial charge in [0.1, 0.15) is 0 Å². The minimum atomic E-state index is -0.245. The van der Waals surface area contributed by atoms with Crippen molar-refractivity contribution in [2.24, 2.45) is 0 Å². The Morgan fingerprint density at radius 1 is 1.64 bits per heavy atom. The smallest absolute Gasteiger partial charge is 0.233 e. The van der Waals surface area contributed by atoms with E-state index >= 15 is 0 Å². The molecule has 0 fully saturated rings. The average molecular weight is 157 g/mol. The Morgan fingerprint density at radius 3 is 2.91 bits per heavy atom. The second-order valence-corrected chi connectivity index (χ2v) is 1.78. The molecular weight excluding hydrogens is 146 g/mol. The molecule has 0 aliphatic heterocycles. The van der Waals surface area contributed by atoms with Crippen molar-refractivity contribution in [3.8, 4) is 12.5 Å². The summed E-state index contributed by atoms with van der Waals surface area (Å²) in [6.45, 7) is 0.508. The van der Waals surface area contributed by atoms with Crippen molar-refractivity contribution in [1.29, 1.82) is 0 Å². The summed E-state index contributed by atoms with van der Waals surface area (Å²) in [6.07, 6.45) is 5.02. The third kappa shape index (κ3) is 6.84. The lowest BCUT2D eigenvalue weighted by Crippen LogP contribution is -2.19. The summed E-state index contributed by atoms with van der Waals surface area (Å²) in [4.78, 5) is 10.6. The molecule has 0 radical (unpaired) electrons. The highest BCUT2D eigenvalue weighted by Crippen LogP contribution is 1.81. The average Bonchev–Trinajstić information content (AvgIpc) is 1.99. The Hall–Kier alpha value is -1.05. The minimum absolute atomic E-state index is 0.0310. The molecule has 0 atom stereocenters. The van der Waals surface area contributed by atoms with E-state index in [2.05, 4.69) is 5.32 Å². The number of ether oxygens (including phenoxy) is 1. The van der Waals surface area contributed by atoms with Gasteiger partial charge in [0.2, 0.25) is 5.91 Å². The SMILES string of the molecule is C#CNC(=O)CCOCCO. The maximum Gasteiger partial charge on any atom is 0.233 e. The van der Waals surface area contributed by atoms with Crippen LogP contribution < -0.4 is 5.32 Å². The van der Waals surface area contributed by atoms with E-state index in [1.165, 1.54) is 0 Å². The van der Waals surface area contributed by atoms with Gasteiger partial charge in [-0.05, 0) is 0 Å². The fourth-order valence-electron chi connectivity index (χ4n) is 0.474. The largest absolute Gasteiger partial charge is 0.394 e. The lowest BCUT2D eigenvalue weighted by atomic mass is 10.4. The predicted molar refractivity (Wildman–Crippen MR) is 39.5 cm³/mol. The molecule has 0 heterocycles. The van der Waals surface area contributed by atoms with Gasteiger partial charge in [0.25, 0.3) is 0 Å². The van der Waals surface area contributed by atoms with Crippen LogP contribution in [0.3, 0.4) is 0 Å². The fourth-order valence-corrected chi connectivity index (χ4v) is 0.474. The van der Waals surface area contributed by atoms with Gasteiger partial charge in [0.05, 0.1) is 26.2 Å². The van der Waals surface area contributed by atoms with Crippen molar-refractivity contribution in [1.82, 2.24) is 5.32 Å². The molecule has 0 saturated heterocycles. The van der Waals surface area contributed by atoms with Crippen molar-refractivity contribution in [3.05, 3.63) is 0 Å². The summed E-state index contributed by atoms with van der Waals surface area (Å²) in [5, 5.41) is 10.4. The van der Waals surface area contributed by atoms with E-state index in [-0.39, 0.29) is 32.1 Å². The molecular formula is C7H11NO3. The van der Waals surface area contributed by atoms with Crippen molar-refractivity contribution >= 4 is 5.91 Å². The zero-order chi connectivity index (χ0) is 8.53. The summed E-state index contributed by atoms with van der Waals surface area (Å²) < 4.78 is 4.82. The van der Waals surface area contributed by atoms with E-state index in [1.807, 2.05) is 6.04 Å². The Labute approximate surface area is 65.5 Å². The lowest BCUT2D eigenvalue weighted by molar-refractivity contribution is -0.121. The molecule has 4 nitrogen and oxygen atoms in total. The molecule has 0 aliphatic carbocycles. The summed E-state index contributed by atoms with van der Waals surface area (Å²) in [5.41, 5.74) is 0. The first-order valence-electron chi connectivity index (χ1n) is 3.24. The van der Waals surface area contributed by atoms with Gasteiger partial charge in [0.15, 0.2) is 0 Å². The molecule has 0 spiro atoms.